The van der Waals surface area contributed by atoms with Gasteiger partial charge >= 0.3 is 0 Å². The molecule has 3 nitrogen and oxygen atoms in total. The fourth-order valence-electron chi connectivity index (χ4n) is 3.20. The lowest BCUT2D eigenvalue weighted by Gasteiger charge is -2.30. The van der Waals surface area contributed by atoms with Crippen molar-refractivity contribution >= 4 is 5.69 Å². The molecule has 0 heterocycles. The topological polar surface area (TPSA) is 44.3 Å². The van der Waals surface area contributed by atoms with Crippen LogP contribution in [0, 0.1) is 5.92 Å². The van der Waals surface area contributed by atoms with Gasteiger partial charge in [0, 0.05) is 18.3 Å². The number of hydrogen-bond donors (Lipinski definition) is 3. The maximum Gasteiger partial charge on any atom is 0.0555 e. The number of anilines is 1. The number of aliphatic hydroxyl groups excluding tert-OH is 1. The highest BCUT2D eigenvalue weighted by atomic mass is 16.3. The Kier molecular flexibility index (Phi) is 6.27. The van der Waals surface area contributed by atoms with Gasteiger partial charge in [0.05, 0.1) is 6.61 Å². The van der Waals surface area contributed by atoms with E-state index in [2.05, 4.69) is 55.7 Å². The van der Waals surface area contributed by atoms with Gasteiger partial charge in [0.15, 0.2) is 0 Å². The molecule has 1 aromatic rings. The van der Waals surface area contributed by atoms with E-state index < -0.39 is 0 Å². The first-order valence-corrected chi connectivity index (χ1v) is 8.67. The maximum absolute atomic E-state index is 8.80. The van der Waals surface area contributed by atoms with Crippen LogP contribution in [0.3, 0.4) is 0 Å². The van der Waals surface area contributed by atoms with E-state index in [0.29, 0.717) is 6.04 Å². The molecule has 0 bridgehead atoms. The Bertz CT molecular complexity index is 428. The van der Waals surface area contributed by atoms with E-state index >= 15 is 0 Å². The molecule has 0 saturated heterocycles. The van der Waals surface area contributed by atoms with Crippen molar-refractivity contribution in [3.63, 3.8) is 0 Å². The Hall–Kier alpha value is -1.06. The molecular formula is C19H32N2O. The Morgan fingerprint density at radius 1 is 1.05 bits per heavy atom. The van der Waals surface area contributed by atoms with Crippen molar-refractivity contribution in [3.8, 4) is 0 Å². The second-order valence-corrected chi connectivity index (χ2v) is 7.62. The van der Waals surface area contributed by atoms with Gasteiger partial charge in [-0.1, -0.05) is 32.9 Å². The molecule has 0 atom stereocenters. The molecular weight excluding hydrogens is 272 g/mol. The lowest BCUT2D eigenvalue weighted by Crippen LogP contribution is -2.32. The van der Waals surface area contributed by atoms with E-state index in [4.69, 9.17) is 5.11 Å². The zero-order chi connectivity index (χ0) is 16.0. The summed E-state index contributed by atoms with van der Waals surface area (Å²) in [5.41, 5.74) is 2.85. The molecule has 1 aliphatic rings. The fraction of sp³-hybridized carbons (Fsp3) is 0.684. The summed E-state index contributed by atoms with van der Waals surface area (Å²) in [6.45, 7) is 8.76. The highest BCUT2D eigenvalue weighted by Crippen LogP contribution is 2.28. The largest absolute Gasteiger partial charge is 0.395 e. The highest BCUT2D eigenvalue weighted by molar-refractivity contribution is 5.46. The molecule has 1 aromatic carbocycles. The second kappa shape index (κ2) is 7.98. The molecule has 0 radical (unpaired) electrons. The molecule has 0 aromatic heterocycles. The summed E-state index contributed by atoms with van der Waals surface area (Å²) in [7, 11) is 0. The third kappa shape index (κ3) is 5.29. The molecule has 3 N–H and O–H groups in total. The molecule has 1 fully saturated rings. The van der Waals surface area contributed by atoms with Crippen molar-refractivity contribution in [2.24, 2.45) is 5.92 Å². The zero-order valence-corrected chi connectivity index (χ0v) is 14.4. The van der Waals surface area contributed by atoms with Crippen molar-refractivity contribution in [1.29, 1.82) is 0 Å². The molecule has 0 aliphatic heterocycles. The standard InChI is InChI=1S/C19H32N2O/c1-19(2,3)16-6-10-18(11-7-16)21-17-8-4-15(5-9-17)14-20-12-13-22/h6-7,10-11,15,17,20-22H,4-5,8-9,12-14H2,1-3H3. The van der Waals surface area contributed by atoms with E-state index in [1.807, 2.05) is 0 Å². The lowest BCUT2D eigenvalue weighted by molar-refractivity contribution is 0.275. The molecule has 1 saturated carbocycles. The van der Waals surface area contributed by atoms with Gasteiger partial charge in [-0.25, -0.2) is 0 Å². The molecule has 124 valence electrons. The van der Waals surface area contributed by atoms with Crippen molar-refractivity contribution in [1.82, 2.24) is 5.32 Å². The normalized spacial score (nSPS) is 22.5. The molecule has 0 unspecified atom stereocenters. The van der Waals surface area contributed by atoms with Crippen LogP contribution in [-0.4, -0.2) is 30.8 Å². The Labute approximate surface area is 135 Å². The Morgan fingerprint density at radius 2 is 1.68 bits per heavy atom. The van der Waals surface area contributed by atoms with E-state index in [1.54, 1.807) is 0 Å². The van der Waals surface area contributed by atoms with Gasteiger partial charge in [-0.15, -0.1) is 0 Å². The van der Waals surface area contributed by atoms with Crippen LogP contribution >= 0.6 is 0 Å². The SMILES string of the molecule is CC(C)(C)c1ccc(NC2CCC(CNCCO)CC2)cc1. The molecule has 1 aliphatic carbocycles. The quantitative estimate of drug-likeness (QED) is 0.704. The van der Waals surface area contributed by atoms with Crippen LogP contribution in [0.25, 0.3) is 0 Å². The molecule has 2 rings (SSSR count). The van der Waals surface area contributed by atoms with Crippen LogP contribution in [0.4, 0.5) is 5.69 Å². The van der Waals surface area contributed by atoms with E-state index in [1.165, 1.54) is 36.9 Å². The third-order valence-corrected chi connectivity index (χ3v) is 4.69. The zero-order valence-electron chi connectivity index (χ0n) is 14.4. The van der Waals surface area contributed by atoms with Crippen LogP contribution in [0.5, 0.6) is 0 Å². The fourth-order valence-corrected chi connectivity index (χ4v) is 3.20. The van der Waals surface area contributed by atoms with E-state index in [0.717, 1.165) is 19.0 Å². The number of hydrogen-bond acceptors (Lipinski definition) is 3. The summed E-state index contributed by atoms with van der Waals surface area (Å²) in [5.74, 6) is 0.771. The van der Waals surface area contributed by atoms with Crippen LogP contribution in [-0.2, 0) is 5.41 Å². The summed E-state index contributed by atoms with van der Waals surface area (Å²) in [6, 6.07) is 9.53. The minimum Gasteiger partial charge on any atom is -0.395 e. The number of nitrogens with one attached hydrogen (secondary N) is 2. The monoisotopic (exact) mass is 304 g/mol. The highest BCUT2D eigenvalue weighted by Gasteiger charge is 2.21. The minimum absolute atomic E-state index is 0.220. The number of rotatable bonds is 6. The first-order chi connectivity index (χ1) is 10.5. The number of benzene rings is 1. The summed E-state index contributed by atoms with van der Waals surface area (Å²) in [5, 5.41) is 15.8. The average Bonchev–Trinajstić information content (AvgIpc) is 2.49. The molecule has 3 heteroatoms. The van der Waals surface area contributed by atoms with Crippen molar-refractivity contribution in [3.05, 3.63) is 29.8 Å². The van der Waals surface area contributed by atoms with Crippen LogP contribution in [0.1, 0.15) is 52.0 Å². The van der Waals surface area contributed by atoms with Gasteiger partial charge in [0.2, 0.25) is 0 Å². The Morgan fingerprint density at radius 3 is 2.23 bits per heavy atom. The summed E-state index contributed by atoms with van der Waals surface area (Å²) in [6.07, 6.45) is 5.03. The van der Waals surface area contributed by atoms with E-state index in [9.17, 15) is 0 Å². The van der Waals surface area contributed by atoms with Gasteiger partial charge in [0.1, 0.15) is 0 Å². The Balaban J connectivity index is 1.76. The predicted octanol–water partition coefficient (Wildman–Crippen LogP) is 3.54. The summed E-state index contributed by atoms with van der Waals surface area (Å²) < 4.78 is 0. The average molecular weight is 304 g/mol. The van der Waals surface area contributed by atoms with Gasteiger partial charge in [0.25, 0.3) is 0 Å². The third-order valence-electron chi connectivity index (χ3n) is 4.69. The molecule has 22 heavy (non-hydrogen) atoms. The second-order valence-electron chi connectivity index (χ2n) is 7.62. The van der Waals surface area contributed by atoms with Crippen LogP contribution < -0.4 is 10.6 Å². The smallest absolute Gasteiger partial charge is 0.0555 e. The lowest BCUT2D eigenvalue weighted by atomic mass is 9.85. The molecule has 0 amide bonds. The van der Waals surface area contributed by atoms with Crippen LogP contribution in [0.15, 0.2) is 24.3 Å². The first-order valence-electron chi connectivity index (χ1n) is 8.67. The van der Waals surface area contributed by atoms with Crippen molar-refractivity contribution in [2.75, 3.05) is 25.0 Å². The minimum atomic E-state index is 0.220. The van der Waals surface area contributed by atoms with E-state index in [-0.39, 0.29) is 12.0 Å². The van der Waals surface area contributed by atoms with Crippen molar-refractivity contribution in [2.45, 2.75) is 57.9 Å². The van der Waals surface area contributed by atoms with Crippen LogP contribution in [0.2, 0.25) is 0 Å². The first kappa shape index (κ1) is 17.3. The molecule has 0 spiro atoms. The van der Waals surface area contributed by atoms with Crippen molar-refractivity contribution < 1.29 is 5.11 Å². The van der Waals surface area contributed by atoms with Gasteiger partial charge in [-0.3, -0.25) is 0 Å². The number of aliphatic hydroxyl groups is 1. The predicted molar refractivity (Wildman–Crippen MR) is 94.5 cm³/mol. The van der Waals surface area contributed by atoms with Gasteiger partial charge in [-0.2, -0.15) is 0 Å². The summed E-state index contributed by atoms with van der Waals surface area (Å²) in [4.78, 5) is 0. The summed E-state index contributed by atoms with van der Waals surface area (Å²) >= 11 is 0. The maximum atomic E-state index is 8.80. The van der Waals surface area contributed by atoms with Gasteiger partial charge in [-0.05, 0) is 61.3 Å². The van der Waals surface area contributed by atoms with Gasteiger partial charge < -0.3 is 15.7 Å².